The van der Waals surface area contributed by atoms with Gasteiger partial charge in [-0.05, 0) is 36.8 Å². The maximum absolute atomic E-state index is 9.04. The van der Waals surface area contributed by atoms with Gasteiger partial charge in [0.05, 0.1) is 11.3 Å². The number of para-hydroxylation sites is 1. The lowest BCUT2D eigenvalue weighted by Gasteiger charge is -2.11. The largest absolute Gasteiger partial charge is 0.399 e. The molecule has 0 unspecified atom stereocenters. The van der Waals surface area contributed by atoms with Gasteiger partial charge in [0.2, 0.25) is 0 Å². The van der Waals surface area contributed by atoms with Crippen molar-refractivity contribution in [3.63, 3.8) is 0 Å². The lowest BCUT2D eigenvalue weighted by Crippen LogP contribution is -1.96. The number of rotatable bonds is 2. The number of hydrogen-bond acceptors (Lipinski definition) is 3. The standard InChI is InChI=1S/C14H13N3/c1-10-4-2-3-5-13(10)17-14-7-6-12(16)8-11(14)9-15/h2-8,17H,16H2,1H3. The first-order chi connectivity index (χ1) is 8.20. The van der Waals surface area contributed by atoms with Crippen LogP contribution in [0.1, 0.15) is 11.1 Å². The molecule has 2 rings (SSSR count). The first-order valence-corrected chi connectivity index (χ1v) is 5.33. The minimum atomic E-state index is 0.549. The number of anilines is 3. The number of nitrogen functional groups attached to an aromatic ring is 1. The predicted molar refractivity (Wildman–Crippen MR) is 70.0 cm³/mol. The molecule has 0 aliphatic rings. The minimum Gasteiger partial charge on any atom is -0.399 e. The minimum absolute atomic E-state index is 0.549. The summed E-state index contributed by atoms with van der Waals surface area (Å²) in [5, 5.41) is 12.3. The van der Waals surface area contributed by atoms with E-state index < -0.39 is 0 Å². The Balaban J connectivity index is 2.37. The molecule has 0 fully saturated rings. The quantitative estimate of drug-likeness (QED) is 0.768. The van der Waals surface area contributed by atoms with Crippen LogP contribution >= 0.6 is 0 Å². The summed E-state index contributed by atoms with van der Waals surface area (Å²) in [6.07, 6.45) is 0. The Morgan fingerprint density at radius 3 is 2.59 bits per heavy atom. The average molecular weight is 223 g/mol. The number of nitriles is 1. The lowest BCUT2D eigenvalue weighted by molar-refractivity contribution is 1.41. The molecule has 0 radical (unpaired) electrons. The topological polar surface area (TPSA) is 61.8 Å². The van der Waals surface area contributed by atoms with Gasteiger partial charge in [0.1, 0.15) is 6.07 Å². The summed E-state index contributed by atoms with van der Waals surface area (Å²) in [6, 6.07) is 15.3. The summed E-state index contributed by atoms with van der Waals surface area (Å²) < 4.78 is 0. The van der Waals surface area contributed by atoms with Crippen LogP contribution in [0.3, 0.4) is 0 Å². The predicted octanol–water partition coefficient (Wildman–Crippen LogP) is 3.19. The van der Waals surface area contributed by atoms with E-state index in [9.17, 15) is 0 Å². The van der Waals surface area contributed by atoms with Crippen molar-refractivity contribution < 1.29 is 0 Å². The van der Waals surface area contributed by atoms with Crippen molar-refractivity contribution >= 4 is 17.1 Å². The van der Waals surface area contributed by atoms with Gasteiger partial charge >= 0.3 is 0 Å². The smallest absolute Gasteiger partial charge is 0.101 e. The third kappa shape index (κ3) is 2.37. The van der Waals surface area contributed by atoms with Crippen LogP contribution in [-0.4, -0.2) is 0 Å². The van der Waals surface area contributed by atoms with Crippen molar-refractivity contribution in [2.45, 2.75) is 6.92 Å². The maximum atomic E-state index is 9.04. The van der Waals surface area contributed by atoms with Gasteiger partial charge in [0.25, 0.3) is 0 Å². The molecule has 3 heteroatoms. The number of benzene rings is 2. The van der Waals surface area contributed by atoms with Crippen LogP contribution in [0.5, 0.6) is 0 Å². The second-order valence-electron chi connectivity index (χ2n) is 3.86. The maximum Gasteiger partial charge on any atom is 0.101 e. The first kappa shape index (κ1) is 11.0. The van der Waals surface area contributed by atoms with Crippen molar-refractivity contribution in [1.29, 1.82) is 5.26 Å². The van der Waals surface area contributed by atoms with Gasteiger partial charge < -0.3 is 11.1 Å². The van der Waals surface area contributed by atoms with Crippen LogP contribution in [0.4, 0.5) is 17.1 Å². The van der Waals surface area contributed by atoms with E-state index in [-0.39, 0.29) is 0 Å². The highest BCUT2D eigenvalue weighted by atomic mass is 14.9. The Morgan fingerprint density at radius 2 is 1.88 bits per heavy atom. The number of nitrogens with two attached hydrogens (primary N) is 1. The molecule has 0 amide bonds. The van der Waals surface area contributed by atoms with Crippen LogP contribution in [0.25, 0.3) is 0 Å². The van der Waals surface area contributed by atoms with E-state index in [4.69, 9.17) is 11.0 Å². The van der Waals surface area contributed by atoms with Gasteiger partial charge in [0.15, 0.2) is 0 Å². The summed E-state index contributed by atoms with van der Waals surface area (Å²) in [6.45, 7) is 2.02. The zero-order chi connectivity index (χ0) is 12.3. The summed E-state index contributed by atoms with van der Waals surface area (Å²) in [7, 11) is 0. The van der Waals surface area contributed by atoms with Crippen molar-refractivity contribution in [1.82, 2.24) is 0 Å². The molecular formula is C14H13N3. The Labute approximate surface area is 101 Å². The fourth-order valence-corrected chi connectivity index (χ4v) is 1.62. The van der Waals surface area contributed by atoms with Gasteiger partial charge in [-0.3, -0.25) is 0 Å². The van der Waals surface area contributed by atoms with E-state index in [1.54, 1.807) is 12.1 Å². The Bertz CT molecular complexity index is 582. The Hall–Kier alpha value is -2.47. The second kappa shape index (κ2) is 4.58. The molecule has 0 aromatic heterocycles. The van der Waals surface area contributed by atoms with E-state index in [2.05, 4.69) is 11.4 Å². The number of hydrogen-bond donors (Lipinski definition) is 2. The molecule has 0 saturated heterocycles. The fourth-order valence-electron chi connectivity index (χ4n) is 1.62. The number of aryl methyl sites for hydroxylation is 1. The third-order valence-corrected chi connectivity index (χ3v) is 2.58. The molecule has 17 heavy (non-hydrogen) atoms. The molecule has 0 heterocycles. The van der Waals surface area contributed by atoms with Gasteiger partial charge in [-0.25, -0.2) is 0 Å². The van der Waals surface area contributed by atoms with E-state index >= 15 is 0 Å². The molecule has 2 aromatic rings. The van der Waals surface area contributed by atoms with Gasteiger partial charge in [-0.2, -0.15) is 5.26 Å². The van der Waals surface area contributed by atoms with Gasteiger partial charge in [-0.15, -0.1) is 0 Å². The first-order valence-electron chi connectivity index (χ1n) is 5.33. The highest BCUT2D eigenvalue weighted by Gasteiger charge is 2.04. The monoisotopic (exact) mass is 223 g/mol. The summed E-state index contributed by atoms with van der Waals surface area (Å²) in [5.74, 6) is 0. The molecule has 3 N–H and O–H groups in total. The Kier molecular flexibility index (Phi) is 2.97. The highest BCUT2D eigenvalue weighted by Crippen LogP contribution is 2.24. The SMILES string of the molecule is Cc1ccccc1Nc1ccc(N)cc1C#N. The molecular weight excluding hydrogens is 210 g/mol. The molecule has 0 saturated carbocycles. The molecule has 3 nitrogen and oxygen atoms in total. The zero-order valence-electron chi connectivity index (χ0n) is 9.57. The van der Waals surface area contributed by atoms with Crippen molar-refractivity contribution in [2.75, 3.05) is 11.1 Å². The number of nitrogens with zero attached hydrogens (tertiary/aromatic N) is 1. The normalized spacial score (nSPS) is 9.65. The van der Waals surface area contributed by atoms with E-state index in [1.165, 1.54) is 0 Å². The van der Waals surface area contributed by atoms with Crippen LogP contribution in [0, 0.1) is 18.3 Å². The van der Waals surface area contributed by atoms with Crippen LogP contribution in [0.15, 0.2) is 42.5 Å². The molecule has 2 aromatic carbocycles. The molecule has 0 bridgehead atoms. The summed E-state index contributed by atoms with van der Waals surface area (Å²) >= 11 is 0. The fraction of sp³-hybridized carbons (Fsp3) is 0.0714. The van der Waals surface area contributed by atoms with E-state index in [0.717, 1.165) is 16.9 Å². The van der Waals surface area contributed by atoms with Gasteiger partial charge in [-0.1, -0.05) is 18.2 Å². The van der Waals surface area contributed by atoms with E-state index in [1.807, 2.05) is 37.3 Å². The molecule has 0 atom stereocenters. The number of nitrogens with one attached hydrogen (secondary N) is 1. The second-order valence-corrected chi connectivity index (χ2v) is 3.86. The highest BCUT2D eigenvalue weighted by molar-refractivity contribution is 5.70. The average Bonchev–Trinajstić information content (AvgIpc) is 2.34. The van der Waals surface area contributed by atoms with Crippen molar-refractivity contribution in [3.05, 3.63) is 53.6 Å². The summed E-state index contributed by atoms with van der Waals surface area (Å²) in [5.41, 5.74) is 9.69. The molecule has 0 aliphatic carbocycles. The van der Waals surface area contributed by atoms with Crippen molar-refractivity contribution in [2.24, 2.45) is 0 Å². The molecule has 0 aliphatic heterocycles. The summed E-state index contributed by atoms with van der Waals surface area (Å²) in [4.78, 5) is 0. The van der Waals surface area contributed by atoms with E-state index in [0.29, 0.717) is 11.3 Å². The zero-order valence-corrected chi connectivity index (χ0v) is 9.57. The molecule has 0 spiro atoms. The Morgan fingerprint density at radius 1 is 1.12 bits per heavy atom. The van der Waals surface area contributed by atoms with Crippen LogP contribution in [-0.2, 0) is 0 Å². The lowest BCUT2D eigenvalue weighted by atomic mass is 10.1. The van der Waals surface area contributed by atoms with Crippen LogP contribution in [0.2, 0.25) is 0 Å². The van der Waals surface area contributed by atoms with Crippen LogP contribution < -0.4 is 11.1 Å². The van der Waals surface area contributed by atoms with Gasteiger partial charge in [0, 0.05) is 11.4 Å². The van der Waals surface area contributed by atoms with Crippen molar-refractivity contribution in [3.8, 4) is 6.07 Å². The molecule has 84 valence electrons. The third-order valence-electron chi connectivity index (χ3n) is 2.58.